The maximum absolute atomic E-state index is 12.8. The van der Waals surface area contributed by atoms with Gasteiger partial charge in [-0.25, -0.2) is 0 Å². The van der Waals surface area contributed by atoms with Crippen molar-refractivity contribution in [2.75, 3.05) is 13.2 Å². The van der Waals surface area contributed by atoms with Crippen molar-refractivity contribution in [1.29, 1.82) is 0 Å². The van der Waals surface area contributed by atoms with Gasteiger partial charge in [-0.15, -0.1) is 0 Å². The van der Waals surface area contributed by atoms with Crippen LogP contribution < -0.4 is 10.1 Å². The SMILES string of the molecule is C=CCOc1ccc(C(F)(F)F)cc1C(=O)NCCCC(=O)O. The Morgan fingerprint density at radius 2 is 2.04 bits per heavy atom. The summed E-state index contributed by atoms with van der Waals surface area (Å²) < 4.78 is 43.4. The Hall–Kier alpha value is -2.51. The van der Waals surface area contributed by atoms with Gasteiger partial charge in [-0.3, -0.25) is 9.59 Å². The van der Waals surface area contributed by atoms with E-state index in [0.29, 0.717) is 6.07 Å². The number of benzene rings is 1. The third kappa shape index (κ3) is 6.01. The molecule has 1 aromatic carbocycles. The van der Waals surface area contributed by atoms with Crippen molar-refractivity contribution >= 4 is 11.9 Å². The lowest BCUT2D eigenvalue weighted by molar-refractivity contribution is -0.138. The number of aliphatic carboxylic acids is 1. The van der Waals surface area contributed by atoms with Crippen molar-refractivity contribution < 1.29 is 32.6 Å². The molecule has 0 heterocycles. The van der Waals surface area contributed by atoms with Crippen LogP contribution in [0.4, 0.5) is 13.2 Å². The van der Waals surface area contributed by atoms with Gasteiger partial charge >= 0.3 is 12.1 Å². The summed E-state index contributed by atoms with van der Waals surface area (Å²) in [7, 11) is 0. The molecule has 0 bridgehead atoms. The van der Waals surface area contributed by atoms with E-state index in [-0.39, 0.29) is 37.3 Å². The van der Waals surface area contributed by atoms with E-state index in [9.17, 15) is 22.8 Å². The molecule has 1 rings (SSSR count). The van der Waals surface area contributed by atoms with Crippen LogP contribution in [0.1, 0.15) is 28.8 Å². The number of amides is 1. The standard InChI is InChI=1S/C15H16F3NO4/c1-2-8-23-12-6-5-10(15(16,17)18)9-11(12)14(22)19-7-3-4-13(20)21/h2,5-6,9H,1,3-4,7-8H2,(H,19,22)(H,20,21). The van der Waals surface area contributed by atoms with Gasteiger partial charge < -0.3 is 15.2 Å². The minimum absolute atomic E-state index is 0.00589. The van der Waals surface area contributed by atoms with Crippen LogP contribution >= 0.6 is 0 Å². The van der Waals surface area contributed by atoms with Crippen molar-refractivity contribution in [2.45, 2.75) is 19.0 Å². The number of carbonyl (C=O) groups is 2. The molecule has 0 fully saturated rings. The number of hydrogen-bond donors (Lipinski definition) is 2. The quantitative estimate of drug-likeness (QED) is 0.567. The van der Waals surface area contributed by atoms with Crippen LogP contribution in [0.15, 0.2) is 30.9 Å². The lowest BCUT2D eigenvalue weighted by atomic mass is 10.1. The molecular formula is C15H16F3NO4. The molecule has 0 aliphatic carbocycles. The van der Waals surface area contributed by atoms with E-state index in [4.69, 9.17) is 9.84 Å². The van der Waals surface area contributed by atoms with E-state index < -0.39 is 23.6 Å². The van der Waals surface area contributed by atoms with Gasteiger partial charge in [-0.05, 0) is 24.6 Å². The van der Waals surface area contributed by atoms with Crippen molar-refractivity contribution in [3.05, 3.63) is 42.0 Å². The Morgan fingerprint density at radius 1 is 1.35 bits per heavy atom. The summed E-state index contributed by atoms with van der Waals surface area (Å²) in [5, 5.41) is 10.9. The molecular weight excluding hydrogens is 315 g/mol. The summed E-state index contributed by atoms with van der Waals surface area (Å²) in [6.45, 7) is 3.49. The first-order valence-corrected chi connectivity index (χ1v) is 6.70. The number of nitrogens with one attached hydrogen (secondary N) is 1. The molecule has 0 aliphatic heterocycles. The number of alkyl halides is 3. The minimum atomic E-state index is -4.59. The molecule has 8 heteroatoms. The smallest absolute Gasteiger partial charge is 0.416 e. The van der Waals surface area contributed by atoms with Gasteiger partial charge in [0.15, 0.2) is 0 Å². The summed E-state index contributed by atoms with van der Waals surface area (Å²) in [5.74, 6) is -1.79. The molecule has 0 aliphatic rings. The minimum Gasteiger partial charge on any atom is -0.489 e. The Balaban J connectivity index is 2.91. The van der Waals surface area contributed by atoms with Gasteiger partial charge in [0.25, 0.3) is 5.91 Å². The van der Waals surface area contributed by atoms with Crippen LogP contribution in [-0.4, -0.2) is 30.1 Å². The highest BCUT2D eigenvalue weighted by Crippen LogP contribution is 2.32. The van der Waals surface area contributed by atoms with Crippen LogP contribution in [0.3, 0.4) is 0 Å². The Bertz CT molecular complexity index is 585. The molecule has 0 saturated carbocycles. The Kier molecular flexibility index (Phi) is 6.62. The monoisotopic (exact) mass is 331 g/mol. The second-order valence-electron chi connectivity index (χ2n) is 4.56. The van der Waals surface area contributed by atoms with E-state index >= 15 is 0 Å². The number of ether oxygens (including phenoxy) is 1. The molecule has 0 atom stereocenters. The Morgan fingerprint density at radius 3 is 2.61 bits per heavy atom. The van der Waals surface area contributed by atoms with Crippen LogP contribution in [-0.2, 0) is 11.0 Å². The highest BCUT2D eigenvalue weighted by molar-refractivity contribution is 5.97. The molecule has 0 radical (unpaired) electrons. The summed E-state index contributed by atoms with van der Waals surface area (Å²) in [6, 6.07) is 2.59. The molecule has 1 amide bonds. The zero-order valence-corrected chi connectivity index (χ0v) is 12.2. The lowest BCUT2D eigenvalue weighted by Gasteiger charge is -2.14. The average Bonchev–Trinajstić information content (AvgIpc) is 2.48. The van der Waals surface area contributed by atoms with Gasteiger partial charge in [0.05, 0.1) is 11.1 Å². The van der Waals surface area contributed by atoms with E-state index in [1.54, 1.807) is 0 Å². The maximum atomic E-state index is 12.8. The second kappa shape index (κ2) is 8.21. The fourth-order valence-electron chi connectivity index (χ4n) is 1.70. The molecule has 23 heavy (non-hydrogen) atoms. The maximum Gasteiger partial charge on any atom is 0.416 e. The van der Waals surface area contributed by atoms with Crippen LogP contribution in [0.5, 0.6) is 5.75 Å². The molecule has 0 spiro atoms. The first-order chi connectivity index (χ1) is 10.8. The highest BCUT2D eigenvalue weighted by Gasteiger charge is 2.32. The molecule has 1 aromatic rings. The zero-order valence-electron chi connectivity index (χ0n) is 12.2. The first-order valence-electron chi connectivity index (χ1n) is 6.70. The molecule has 0 unspecified atom stereocenters. The van der Waals surface area contributed by atoms with Crippen LogP contribution in [0.25, 0.3) is 0 Å². The lowest BCUT2D eigenvalue weighted by Crippen LogP contribution is -2.26. The summed E-state index contributed by atoms with van der Waals surface area (Å²) in [5.41, 5.74) is -1.24. The van der Waals surface area contributed by atoms with E-state index in [2.05, 4.69) is 11.9 Å². The summed E-state index contributed by atoms with van der Waals surface area (Å²) >= 11 is 0. The van der Waals surface area contributed by atoms with Gasteiger partial charge in [0.2, 0.25) is 0 Å². The number of halogens is 3. The fourth-order valence-corrected chi connectivity index (χ4v) is 1.70. The predicted octanol–water partition coefficient (Wildman–Crippen LogP) is 2.86. The zero-order chi connectivity index (χ0) is 17.5. The summed E-state index contributed by atoms with van der Waals surface area (Å²) in [4.78, 5) is 22.4. The molecule has 0 aromatic heterocycles. The number of rotatable bonds is 8. The first kappa shape index (κ1) is 18.5. The van der Waals surface area contributed by atoms with Gasteiger partial charge in [0.1, 0.15) is 12.4 Å². The van der Waals surface area contributed by atoms with Gasteiger partial charge in [-0.2, -0.15) is 13.2 Å². The predicted molar refractivity (Wildman–Crippen MR) is 76.3 cm³/mol. The molecule has 0 saturated heterocycles. The average molecular weight is 331 g/mol. The van der Waals surface area contributed by atoms with Crippen molar-refractivity contribution in [1.82, 2.24) is 5.32 Å². The number of carbonyl (C=O) groups excluding carboxylic acids is 1. The van der Waals surface area contributed by atoms with E-state index in [0.717, 1.165) is 12.1 Å². The normalized spacial score (nSPS) is 10.9. The third-order valence-corrected chi connectivity index (χ3v) is 2.76. The van der Waals surface area contributed by atoms with Crippen molar-refractivity contribution in [3.8, 4) is 5.75 Å². The largest absolute Gasteiger partial charge is 0.489 e. The molecule has 126 valence electrons. The number of hydrogen-bond acceptors (Lipinski definition) is 3. The topological polar surface area (TPSA) is 75.6 Å². The molecule has 2 N–H and O–H groups in total. The van der Waals surface area contributed by atoms with Crippen LogP contribution in [0, 0.1) is 0 Å². The number of carboxylic acid groups (broad SMARTS) is 1. The van der Waals surface area contributed by atoms with Crippen LogP contribution in [0.2, 0.25) is 0 Å². The summed E-state index contributed by atoms with van der Waals surface area (Å²) in [6.07, 6.45) is -3.17. The van der Waals surface area contributed by atoms with Gasteiger partial charge in [-0.1, -0.05) is 12.7 Å². The third-order valence-electron chi connectivity index (χ3n) is 2.76. The fraction of sp³-hybridized carbons (Fsp3) is 0.333. The van der Waals surface area contributed by atoms with E-state index in [1.807, 2.05) is 0 Å². The molecule has 5 nitrogen and oxygen atoms in total. The van der Waals surface area contributed by atoms with Crippen molar-refractivity contribution in [3.63, 3.8) is 0 Å². The van der Waals surface area contributed by atoms with Gasteiger partial charge in [0, 0.05) is 13.0 Å². The Labute approximate surface area is 130 Å². The number of carboxylic acids is 1. The van der Waals surface area contributed by atoms with E-state index in [1.165, 1.54) is 6.08 Å². The van der Waals surface area contributed by atoms with Crippen molar-refractivity contribution in [2.24, 2.45) is 0 Å². The highest BCUT2D eigenvalue weighted by atomic mass is 19.4. The second-order valence-corrected chi connectivity index (χ2v) is 4.56.